The zero-order valence-electron chi connectivity index (χ0n) is 11.1. The van der Waals surface area contributed by atoms with Gasteiger partial charge in [0.15, 0.2) is 0 Å². The van der Waals surface area contributed by atoms with Crippen LogP contribution in [0.15, 0.2) is 24.3 Å². The zero-order valence-corrected chi connectivity index (χ0v) is 11.1. The minimum atomic E-state index is 0.268. The Hall–Kier alpha value is -0.860. The SMILES string of the molecule is CNCC1(Cc2ccc(C)cc2)CCOC1C. The predicted octanol–water partition coefficient (Wildman–Crippen LogP) is 2.55. The topological polar surface area (TPSA) is 21.3 Å². The average Bonchev–Trinajstić information content (AvgIpc) is 2.65. The van der Waals surface area contributed by atoms with Gasteiger partial charge in [-0.25, -0.2) is 0 Å². The largest absolute Gasteiger partial charge is 0.378 e. The first-order chi connectivity index (χ1) is 8.16. The summed E-state index contributed by atoms with van der Waals surface area (Å²) in [5.41, 5.74) is 3.01. The highest BCUT2D eigenvalue weighted by atomic mass is 16.5. The van der Waals surface area contributed by atoms with Gasteiger partial charge in [-0.2, -0.15) is 0 Å². The monoisotopic (exact) mass is 233 g/mol. The number of hydrogen-bond donors (Lipinski definition) is 1. The molecule has 0 radical (unpaired) electrons. The number of hydrogen-bond acceptors (Lipinski definition) is 2. The molecule has 2 rings (SSSR count). The van der Waals surface area contributed by atoms with Crippen LogP contribution in [0.1, 0.15) is 24.5 Å². The number of rotatable bonds is 4. The molecule has 1 aromatic carbocycles. The summed E-state index contributed by atoms with van der Waals surface area (Å²) in [6.07, 6.45) is 2.61. The van der Waals surface area contributed by atoms with Gasteiger partial charge in [0.05, 0.1) is 6.10 Å². The lowest BCUT2D eigenvalue weighted by Crippen LogP contribution is -2.40. The minimum Gasteiger partial charge on any atom is -0.378 e. The van der Waals surface area contributed by atoms with Gasteiger partial charge in [0.25, 0.3) is 0 Å². The van der Waals surface area contributed by atoms with E-state index in [-0.39, 0.29) is 5.41 Å². The lowest BCUT2D eigenvalue weighted by Gasteiger charge is -2.32. The fourth-order valence-electron chi connectivity index (χ4n) is 2.81. The van der Waals surface area contributed by atoms with Gasteiger partial charge in [0, 0.05) is 18.6 Å². The molecule has 2 heteroatoms. The van der Waals surface area contributed by atoms with E-state index in [0.29, 0.717) is 6.10 Å². The standard InChI is InChI=1S/C15H23NO/c1-12-4-6-14(7-5-12)10-15(11-16-3)8-9-17-13(15)2/h4-7,13,16H,8-11H2,1-3H3. The van der Waals surface area contributed by atoms with Crippen LogP contribution in [0, 0.1) is 12.3 Å². The molecule has 1 heterocycles. The second-order valence-electron chi connectivity index (χ2n) is 5.32. The summed E-state index contributed by atoms with van der Waals surface area (Å²) in [6, 6.07) is 8.89. The van der Waals surface area contributed by atoms with E-state index in [1.165, 1.54) is 11.1 Å². The highest BCUT2D eigenvalue weighted by Crippen LogP contribution is 2.37. The first kappa shape index (κ1) is 12.6. The first-order valence-corrected chi connectivity index (χ1v) is 6.48. The molecule has 1 aliphatic heterocycles. The van der Waals surface area contributed by atoms with Crippen LogP contribution < -0.4 is 5.32 Å². The molecule has 0 amide bonds. The predicted molar refractivity (Wildman–Crippen MR) is 71.3 cm³/mol. The molecule has 17 heavy (non-hydrogen) atoms. The van der Waals surface area contributed by atoms with Crippen LogP contribution in [0.2, 0.25) is 0 Å². The normalized spacial score (nSPS) is 28.5. The number of nitrogens with one attached hydrogen (secondary N) is 1. The van der Waals surface area contributed by atoms with E-state index in [1.54, 1.807) is 0 Å². The van der Waals surface area contributed by atoms with Crippen molar-refractivity contribution in [2.45, 2.75) is 32.8 Å². The van der Waals surface area contributed by atoms with Crippen LogP contribution in [0.4, 0.5) is 0 Å². The Morgan fingerprint density at radius 1 is 1.35 bits per heavy atom. The number of aryl methyl sites for hydroxylation is 1. The Bertz CT molecular complexity index is 360. The van der Waals surface area contributed by atoms with Gasteiger partial charge in [-0.1, -0.05) is 29.8 Å². The summed E-state index contributed by atoms with van der Waals surface area (Å²) in [5, 5.41) is 3.33. The maximum atomic E-state index is 5.78. The maximum Gasteiger partial charge on any atom is 0.0619 e. The molecule has 2 nitrogen and oxygen atoms in total. The third kappa shape index (κ3) is 2.70. The van der Waals surface area contributed by atoms with Gasteiger partial charge >= 0.3 is 0 Å². The Morgan fingerprint density at radius 3 is 2.59 bits per heavy atom. The Morgan fingerprint density at radius 2 is 2.06 bits per heavy atom. The molecule has 0 saturated carbocycles. The van der Waals surface area contributed by atoms with E-state index in [0.717, 1.165) is 26.0 Å². The zero-order chi connectivity index (χ0) is 12.3. The van der Waals surface area contributed by atoms with Crippen LogP contribution in [0.3, 0.4) is 0 Å². The average molecular weight is 233 g/mol. The third-order valence-electron chi connectivity index (χ3n) is 4.04. The van der Waals surface area contributed by atoms with Crippen molar-refractivity contribution in [1.29, 1.82) is 0 Å². The highest BCUT2D eigenvalue weighted by molar-refractivity contribution is 5.23. The second kappa shape index (κ2) is 5.19. The van der Waals surface area contributed by atoms with Gasteiger partial charge in [0.1, 0.15) is 0 Å². The van der Waals surface area contributed by atoms with Gasteiger partial charge in [-0.05, 0) is 39.3 Å². The molecule has 1 N–H and O–H groups in total. The fraction of sp³-hybridized carbons (Fsp3) is 0.600. The molecule has 0 aliphatic carbocycles. The van der Waals surface area contributed by atoms with Gasteiger partial charge in [0.2, 0.25) is 0 Å². The van der Waals surface area contributed by atoms with E-state index in [2.05, 4.69) is 43.4 Å². The van der Waals surface area contributed by atoms with E-state index in [9.17, 15) is 0 Å². The molecule has 2 atom stereocenters. The molecule has 0 aromatic heterocycles. The van der Waals surface area contributed by atoms with Crippen molar-refractivity contribution < 1.29 is 4.74 Å². The fourth-order valence-corrected chi connectivity index (χ4v) is 2.81. The Labute approximate surface area is 104 Å². The number of ether oxygens (including phenoxy) is 1. The summed E-state index contributed by atoms with van der Waals surface area (Å²) in [4.78, 5) is 0. The van der Waals surface area contributed by atoms with Crippen LogP contribution in [0.25, 0.3) is 0 Å². The highest BCUT2D eigenvalue weighted by Gasteiger charge is 2.40. The molecule has 1 aliphatic rings. The van der Waals surface area contributed by atoms with Crippen LogP contribution in [0.5, 0.6) is 0 Å². The first-order valence-electron chi connectivity index (χ1n) is 6.48. The van der Waals surface area contributed by atoms with E-state index in [1.807, 2.05) is 7.05 Å². The minimum absolute atomic E-state index is 0.268. The molecule has 0 spiro atoms. The summed E-state index contributed by atoms with van der Waals surface area (Å²) >= 11 is 0. The molecule has 2 unspecified atom stereocenters. The molecular formula is C15H23NO. The van der Waals surface area contributed by atoms with E-state index >= 15 is 0 Å². The second-order valence-corrected chi connectivity index (χ2v) is 5.32. The van der Waals surface area contributed by atoms with Crippen molar-refractivity contribution in [2.24, 2.45) is 5.41 Å². The third-order valence-corrected chi connectivity index (χ3v) is 4.04. The van der Waals surface area contributed by atoms with Crippen LogP contribution >= 0.6 is 0 Å². The van der Waals surface area contributed by atoms with Crippen molar-refractivity contribution in [3.8, 4) is 0 Å². The Balaban J connectivity index is 2.15. The smallest absolute Gasteiger partial charge is 0.0619 e. The maximum absolute atomic E-state index is 5.78. The lowest BCUT2D eigenvalue weighted by atomic mass is 9.76. The summed E-state index contributed by atoms with van der Waals surface area (Å²) in [7, 11) is 2.03. The molecule has 1 aromatic rings. The lowest BCUT2D eigenvalue weighted by molar-refractivity contribution is 0.0640. The van der Waals surface area contributed by atoms with Crippen molar-refractivity contribution in [1.82, 2.24) is 5.32 Å². The Kier molecular flexibility index (Phi) is 3.85. The van der Waals surface area contributed by atoms with Crippen molar-refractivity contribution in [2.75, 3.05) is 20.2 Å². The summed E-state index contributed by atoms with van der Waals surface area (Å²) < 4.78 is 5.78. The molecule has 94 valence electrons. The molecule has 0 bridgehead atoms. The summed E-state index contributed by atoms with van der Waals surface area (Å²) in [5.74, 6) is 0. The van der Waals surface area contributed by atoms with E-state index in [4.69, 9.17) is 4.74 Å². The van der Waals surface area contributed by atoms with Crippen molar-refractivity contribution >= 4 is 0 Å². The molecular weight excluding hydrogens is 210 g/mol. The van der Waals surface area contributed by atoms with E-state index < -0.39 is 0 Å². The molecule has 1 saturated heterocycles. The van der Waals surface area contributed by atoms with Crippen molar-refractivity contribution in [3.63, 3.8) is 0 Å². The van der Waals surface area contributed by atoms with Gasteiger partial charge < -0.3 is 10.1 Å². The molecule has 1 fully saturated rings. The summed E-state index contributed by atoms with van der Waals surface area (Å²) in [6.45, 7) is 6.27. The number of benzene rings is 1. The quantitative estimate of drug-likeness (QED) is 0.863. The van der Waals surface area contributed by atoms with Crippen molar-refractivity contribution in [3.05, 3.63) is 35.4 Å². The van der Waals surface area contributed by atoms with Crippen LogP contribution in [-0.4, -0.2) is 26.3 Å². The van der Waals surface area contributed by atoms with Crippen LogP contribution in [-0.2, 0) is 11.2 Å². The van der Waals surface area contributed by atoms with Gasteiger partial charge in [-0.15, -0.1) is 0 Å². The van der Waals surface area contributed by atoms with Gasteiger partial charge in [-0.3, -0.25) is 0 Å².